The molecule has 2 heteroatoms. The highest BCUT2D eigenvalue weighted by atomic mass is 15.2. The summed E-state index contributed by atoms with van der Waals surface area (Å²) in [6.07, 6.45) is 3.67. The summed E-state index contributed by atoms with van der Waals surface area (Å²) in [6, 6.07) is 11.9. The van der Waals surface area contributed by atoms with E-state index in [0.29, 0.717) is 12.1 Å². The fourth-order valence-corrected chi connectivity index (χ4v) is 2.89. The van der Waals surface area contributed by atoms with Crippen molar-refractivity contribution < 1.29 is 0 Å². The van der Waals surface area contributed by atoms with Gasteiger partial charge in [-0.2, -0.15) is 0 Å². The van der Waals surface area contributed by atoms with Crippen LogP contribution in [0.5, 0.6) is 0 Å². The third-order valence-corrected chi connectivity index (χ3v) is 3.77. The van der Waals surface area contributed by atoms with E-state index in [2.05, 4.69) is 49.1 Å². The second kappa shape index (κ2) is 5.65. The van der Waals surface area contributed by atoms with E-state index in [1.54, 1.807) is 0 Å². The second-order valence-corrected chi connectivity index (χ2v) is 5.35. The minimum atomic E-state index is 0.266. The topological polar surface area (TPSA) is 29.3 Å². The average molecular weight is 232 g/mol. The lowest BCUT2D eigenvalue weighted by Gasteiger charge is -2.36. The Labute approximate surface area is 105 Å². The molecule has 1 aromatic rings. The number of nitrogens with zero attached hydrogens (tertiary/aromatic N) is 1. The zero-order valence-corrected chi connectivity index (χ0v) is 11.0. The lowest BCUT2D eigenvalue weighted by atomic mass is 9.95. The Balaban J connectivity index is 2.29. The van der Waals surface area contributed by atoms with Crippen molar-refractivity contribution in [3.8, 4) is 0 Å². The standard InChI is InChI=1S/C15H24N2/c1-12(2)17-11-7-6-10-14(16)15(17)13-8-4-3-5-9-13/h3-5,8-9,12,14-15H,6-7,10-11,16H2,1-2H3. The highest BCUT2D eigenvalue weighted by molar-refractivity contribution is 5.21. The summed E-state index contributed by atoms with van der Waals surface area (Å²) < 4.78 is 0. The number of hydrogen-bond donors (Lipinski definition) is 1. The number of nitrogens with two attached hydrogens (primary N) is 1. The number of rotatable bonds is 2. The molecule has 17 heavy (non-hydrogen) atoms. The van der Waals surface area contributed by atoms with Crippen molar-refractivity contribution in [1.29, 1.82) is 0 Å². The molecule has 1 fully saturated rings. The van der Waals surface area contributed by atoms with E-state index in [1.165, 1.54) is 24.9 Å². The van der Waals surface area contributed by atoms with Gasteiger partial charge in [0.25, 0.3) is 0 Å². The third kappa shape index (κ3) is 2.88. The van der Waals surface area contributed by atoms with Gasteiger partial charge >= 0.3 is 0 Å². The quantitative estimate of drug-likeness (QED) is 0.849. The highest BCUT2D eigenvalue weighted by Gasteiger charge is 2.29. The SMILES string of the molecule is CC(C)N1CCCCC(N)C1c1ccccc1. The van der Waals surface area contributed by atoms with Gasteiger partial charge in [-0.1, -0.05) is 36.8 Å². The van der Waals surface area contributed by atoms with Crippen LogP contribution in [0.1, 0.15) is 44.7 Å². The molecule has 2 unspecified atom stereocenters. The predicted octanol–water partition coefficient (Wildman–Crippen LogP) is 2.95. The summed E-state index contributed by atoms with van der Waals surface area (Å²) in [5, 5.41) is 0. The van der Waals surface area contributed by atoms with Crippen LogP contribution in [-0.2, 0) is 0 Å². The fourth-order valence-electron chi connectivity index (χ4n) is 2.89. The first kappa shape index (κ1) is 12.6. The molecule has 1 aliphatic rings. The van der Waals surface area contributed by atoms with Crippen molar-refractivity contribution >= 4 is 0 Å². The monoisotopic (exact) mass is 232 g/mol. The molecule has 2 nitrogen and oxygen atoms in total. The molecule has 1 saturated heterocycles. The lowest BCUT2D eigenvalue weighted by molar-refractivity contribution is 0.144. The predicted molar refractivity (Wildman–Crippen MR) is 72.9 cm³/mol. The van der Waals surface area contributed by atoms with E-state index in [4.69, 9.17) is 5.73 Å². The minimum absolute atomic E-state index is 0.266. The molecule has 0 amide bonds. The van der Waals surface area contributed by atoms with Crippen LogP contribution in [0.4, 0.5) is 0 Å². The molecular formula is C15H24N2. The van der Waals surface area contributed by atoms with Gasteiger partial charge in [0.1, 0.15) is 0 Å². The van der Waals surface area contributed by atoms with Gasteiger partial charge in [-0.05, 0) is 38.8 Å². The zero-order valence-electron chi connectivity index (χ0n) is 11.0. The molecule has 0 radical (unpaired) electrons. The van der Waals surface area contributed by atoms with Gasteiger partial charge in [0.15, 0.2) is 0 Å². The average Bonchev–Trinajstić information content (AvgIpc) is 2.52. The third-order valence-electron chi connectivity index (χ3n) is 3.77. The van der Waals surface area contributed by atoms with Gasteiger partial charge in [0.2, 0.25) is 0 Å². The first-order valence-electron chi connectivity index (χ1n) is 6.76. The van der Waals surface area contributed by atoms with Crippen LogP contribution in [0.3, 0.4) is 0 Å². The summed E-state index contributed by atoms with van der Waals surface area (Å²) in [5.41, 5.74) is 7.77. The van der Waals surface area contributed by atoms with Crippen molar-refractivity contribution in [3.63, 3.8) is 0 Å². The highest BCUT2D eigenvalue weighted by Crippen LogP contribution is 2.30. The number of hydrogen-bond acceptors (Lipinski definition) is 2. The first-order valence-corrected chi connectivity index (χ1v) is 6.76. The van der Waals surface area contributed by atoms with Gasteiger partial charge in [0.05, 0.1) is 6.04 Å². The molecule has 2 N–H and O–H groups in total. The fraction of sp³-hybridized carbons (Fsp3) is 0.600. The molecule has 2 rings (SSSR count). The van der Waals surface area contributed by atoms with E-state index in [-0.39, 0.29) is 6.04 Å². The van der Waals surface area contributed by atoms with Crippen LogP contribution in [0, 0.1) is 0 Å². The molecule has 0 spiro atoms. The summed E-state index contributed by atoms with van der Waals surface area (Å²) in [5.74, 6) is 0. The van der Waals surface area contributed by atoms with E-state index in [1.807, 2.05) is 0 Å². The van der Waals surface area contributed by atoms with Crippen LogP contribution < -0.4 is 5.73 Å². The molecule has 1 heterocycles. The van der Waals surface area contributed by atoms with Crippen molar-refractivity contribution in [2.45, 2.75) is 51.2 Å². The molecule has 0 aliphatic carbocycles. The molecular weight excluding hydrogens is 208 g/mol. The van der Waals surface area contributed by atoms with Gasteiger partial charge in [-0.15, -0.1) is 0 Å². The largest absolute Gasteiger partial charge is 0.326 e. The van der Waals surface area contributed by atoms with Crippen molar-refractivity contribution in [3.05, 3.63) is 35.9 Å². The van der Waals surface area contributed by atoms with Crippen LogP contribution in [0.15, 0.2) is 30.3 Å². The van der Waals surface area contributed by atoms with Crippen LogP contribution in [0.2, 0.25) is 0 Å². The van der Waals surface area contributed by atoms with Crippen molar-refractivity contribution in [2.75, 3.05) is 6.54 Å². The van der Waals surface area contributed by atoms with Gasteiger partial charge in [-0.3, -0.25) is 4.90 Å². The molecule has 1 aromatic carbocycles. The van der Waals surface area contributed by atoms with Gasteiger partial charge < -0.3 is 5.73 Å². The van der Waals surface area contributed by atoms with E-state index < -0.39 is 0 Å². The Morgan fingerprint density at radius 2 is 1.88 bits per heavy atom. The maximum Gasteiger partial charge on any atom is 0.0501 e. The van der Waals surface area contributed by atoms with Crippen molar-refractivity contribution in [2.24, 2.45) is 5.73 Å². The zero-order chi connectivity index (χ0) is 12.3. The maximum absolute atomic E-state index is 6.40. The lowest BCUT2D eigenvalue weighted by Crippen LogP contribution is -2.43. The molecule has 2 atom stereocenters. The Morgan fingerprint density at radius 3 is 2.53 bits per heavy atom. The Bertz CT molecular complexity index is 334. The van der Waals surface area contributed by atoms with Gasteiger partial charge in [0, 0.05) is 12.1 Å². The van der Waals surface area contributed by atoms with E-state index >= 15 is 0 Å². The molecule has 0 saturated carbocycles. The Kier molecular flexibility index (Phi) is 4.19. The normalized spacial score (nSPS) is 27.1. The Morgan fingerprint density at radius 1 is 1.18 bits per heavy atom. The van der Waals surface area contributed by atoms with E-state index in [0.717, 1.165) is 6.42 Å². The molecule has 0 aromatic heterocycles. The van der Waals surface area contributed by atoms with Crippen molar-refractivity contribution in [1.82, 2.24) is 4.90 Å². The maximum atomic E-state index is 6.40. The molecule has 1 aliphatic heterocycles. The first-order chi connectivity index (χ1) is 8.20. The number of benzene rings is 1. The van der Waals surface area contributed by atoms with Crippen LogP contribution in [-0.4, -0.2) is 23.5 Å². The number of likely N-dealkylation sites (tertiary alicyclic amines) is 1. The molecule has 0 bridgehead atoms. The Hall–Kier alpha value is -0.860. The van der Waals surface area contributed by atoms with Crippen LogP contribution >= 0.6 is 0 Å². The van der Waals surface area contributed by atoms with Crippen LogP contribution in [0.25, 0.3) is 0 Å². The summed E-state index contributed by atoms with van der Waals surface area (Å²) in [6.45, 7) is 5.72. The van der Waals surface area contributed by atoms with Gasteiger partial charge in [-0.25, -0.2) is 0 Å². The second-order valence-electron chi connectivity index (χ2n) is 5.35. The smallest absolute Gasteiger partial charge is 0.0501 e. The summed E-state index contributed by atoms with van der Waals surface area (Å²) in [4.78, 5) is 2.56. The summed E-state index contributed by atoms with van der Waals surface area (Å²) >= 11 is 0. The van der Waals surface area contributed by atoms with E-state index in [9.17, 15) is 0 Å². The minimum Gasteiger partial charge on any atom is -0.326 e. The summed E-state index contributed by atoms with van der Waals surface area (Å²) in [7, 11) is 0. The molecule has 94 valence electrons.